The maximum absolute atomic E-state index is 12.0. The van der Waals surface area contributed by atoms with Crippen molar-refractivity contribution in [1.82, 2.24) is 0 Å². The highest BCUT2D eigenvalue weighted by molar-refractivity contribution is 6.05. The fraction of sp³-hybridized carbons (Fsp3) is 0.400. The third kappa shape index (κ3) is 3.66. The van der Waals surface area contributed by atoms with Gasteiger partial charge in [-0.15, -0.1) is 0 Å². The summed E-state index contributed by atoms with van der Waals surface area (Å²) >= 11 is 0. The first kappa shape index (κ1) is 15.9. The first-order valence-corrected chi connectivity index (χ1v) is 6.29. The molecule has 0 heterocycles. The molecule has 0 aromatic heterocycles. The number of carbonyl (C=O) groups excluding carboxylic acids is 1. The second-order valence-corrected chi connectivity index (χ2v) is 4.94. The number of hydrogen-bond donors (Lipinski definition) is 2. The maximum atomic E-state index is 12.0. The van der Waals surface area contributed by atoms with Crippen LogP contribution < -0.4 is 0 Å². The molecule has 1 unspecified atom stereocenters. The van der Waals surface area contributed by atoms with Gasteiger partial charge in [-0.2, -0.15) is 0 Å². The quantitative estimate of drug-likeness (QED) is 0.778. The molecule has 0 amide bonds. The molecule has 0 saturated carbocycles. The molecular formula is C15H18O5. The van der Waals surface area contributed by atoms with Crippen LogP contribution in [0.15, 0.2) is 12.1 Å². The molecule has 1 rings (SSSR count). The lowest BCUT2D eigenvalue weighted by Gasteiger charge is -2.17. The van der Waals surface area contributed by atoms with Crippen LogP contribution in [0, 0.1) is 20.8 Å². The number of carbonyl (C=O) groups is 3. The Labute approximate surface area is 117 Å². The Hall–Kier alpha value is -2.17. The Morgan fingerprint density at radius 2 is 1.50 bits per heavy atom. The predicted octanol–water partition coefficient (Wildman–Crippen LogP) is 2.21. The minimum atomic E-state index is -1.30. The molecular weight excluding hydrogens is 260 g/mol. The van der Waals surface area contributed by atoms with E-state index in [1.807, 2.05) is 19.1 Å². The van der Waals surface area contributed by atoms with E-state index in [-0.39, 0.29) is 12.8 Å². The van der Waals surface area contributed by atoms with Gasteiger partial charge in [-0.1, -0.05) is 17.7 Å². The predicted molar refractivity (Wildman–Crippen MR) is 72.9 cm³/mol. The number of ketones is 1. The van der Waals surface area contributed by atoms with Crippen LogP contribution in [0.1, 0.15) is 41.0 Å². The zero-order chi connectivity index (χ0) is 15.4. The van der Waals surface area contributed by atoms with E-state index in [4.69, 9.17) is 5.11 Å². The number of benzene rings is 1. The van der Waals surface area contributed by atoms with Crippen LogP contribution in [0.25, 0.3) is 0 Å². The molecule has 0 fully saturated rings. The van der Waals surface area contributed by atoms with Gasteiger partial charge in [0.1, 0.15) is 5.92 Å². The number of aliphatic carboxylic acids is 2. The molecule has 0 aliphatic rings. The largest absolute Gasteiger partial charge is 0.481 e. The number of rotatable bonds is 6. The van der Waals surface area contributed by atoms with Crippen molar-refractivity contribution < 1.29 is 24.6 Å². The second kappa shape index (κ2) is 6.32. The highest BCUT2D eigenvalue weighted by atomic mass is 16.4. The normalized spacial score (nSPS) is 11.9. The summed E-state index contributed by atoms with van der Waals surface area (Å²) in [5.74, 6) is -4.22. The van der Waals surface area contributed by atoms with Crippen molar-refractivity contribution in [2.75, 3.05) is 0 Å². The van der Waals surface area contributed by atoms with E-state index in [1.165, 1.54) is 0 Å². The Bertz CT molecular complexity index is 536. The summed E-state index contributed by atoms with van der Waals surface area (Å²) in [6.45, 7) is 5.41. The second-order valence-electron chi connectivity index (χ2n) is 4.94. The zero-order valence-corrected chi connectivity index (χ0v) is 11.8. The molecule has 20 heavy (non-hydrogen) atoms. The third-order valence-electron chi connectivity index (χ3n) is 3.18. The van der Waals surface area contributed by atoms with Gasteiger partial charge in [0.2, 0.25) is 0 Å². The molecule has 1 aromatic rings. The summed E-state index contributed by atoms with van der Waals surface area (Å²) in [7, 11) is 0. The van der Waals surface area contributed by atoms with Gasteiger partial charge in [0.15, 0.2) is 5.78 Å². The summed E-state index contributed by atoms with van der Waals surface area (Å²) in [4.78, 5) is 34.0. The van der Waals surface area contributed by atoms with Gasteiger partial charge >= 0.3 is 11.9 Å². The number of hydrogen-bond acceptors (Lipinski definition) is 3. The molecule has 5 heteroatoms. The van der Waals surface area contributed by atoms with Crippen molar-refractivity contribution in [3.8, 4) is 0 Å². The Balaban J connectivity index is 3.18. The number of Topliss-reactive ketones (excluding diaryl/α,β-unsaturated/α-hetero) is 1. The third-order valence-corrected chi connectivity index (χ3v) is 3.18. The van der Waals surface area contributed by atoms with Crippen LogP contribution >= 0.6 is 0 Å². The van der Waals surface area contributed by atoms with Crippen LogP contribution in [0.2, 0.25) is 0 Å². The Morgan fingerprint density at radius 1 is 1.00 bits per heavy atom. The fourth-order valence-corrected chi connectivity index (χ4v) is 2.44. The van der Waals surface area contributed by atoms with Gasteiger partial charge in [-0.05, 0) is 37.5 Å². The summed E-state index contributed by atoms with van der Waals surface area (Å²) in [5.41, 5.74) is 2.93. The zero-order valence-electron chi connectivity index (χ0n) is 11.8. The molecule has 5 nitrogen and oxygen atoms in total. The van der Waals surface area contributed by atoms with E-state index in [9.17, 15) is 19.5 Å². The average Bonchev–Trinajstić information content (AvgIpc) is 2.29. The molecule has 0 saturated heterocycles. The molecule has 1 aromatic carbocycles. The maximum Gasteiger partial charge on any atom is 0.318 e. The lowest BCUT2D eigenvalue weighted by atomic mass is 9.85. The molecule has 0 aliphatic carbocycles. The lowest BCUT2D eigenvalue weighted by Crippen LogP contribution is -2.24. The van der Waals surface area contributed by atoms with Gasteiger partial charge in [-0.3, -0.25) is 14.4 Å². The van der Waals surface area contributed by atoms with Gasteiger partial charge in [0.05, 0.1) is 6.42 Å². The minimum Gasteiger partial charge on any atom is -0.481 e. The SMILES string of the molecule is Cc1cc(C)c(C(C(=O)O)C(=O)CCC(=O)O)c(C)c1. The van der Waals surface area contributed by atoms with Crippen molar-refractivity contribution in [2.24, 2.45) is 0 Å². The minimum absolute atomic E-state index is 0.279. The first-order valence-electron chi connectivity index (χ1n) is 6.29. The van der Waals surface area contributed by atoms with Crippen molar-refractivity contribution in [1.29, 1.82) is 0 Å². The lowest BCUT2D eigenvalue weighted by molar-refractivity contribution is -0.144. The highest BCUT2D eigenvalue weighted by Gasteiger charge is 2.30. The summed E-state index contributed by atoms with van der Waals surface area (Å²) < 4.78 is 0. The van der Waals surface area contributed by atoms with Crippen LogP contribution in [-0.4, -0.2) is 27.9 Å². The molecule has 0 radical (unpaired) electrons. The van der Waals surface area contributed by atoms with E-state index >= 15 is 0 Å². The van der Waals surface area contributed by atoms with Crippen LogP contribution in [0.4, 0.5) is 0 Å². The van der Waals surface area contributed by atoms with Gasteiger partial charge < -0.3 is 10.2 Å². The van der Waals surface area contributed by atoms with Crippen molar-refractivity contribution >= 4 is 17.7 Å². The van der Waals surface area contributed by atoms with Gasteiger partial charge in [0, 0.05) is 6.42 Å². The Kier molecular flexibility index (Phi) is 5.02. The summed E-state index contributed by atoms with van der Waals surface area (Å²) in [6.07, 6.45) is -0.633. The molecule has 1 atom stereocenters. The van der Waals surface area contributed by atoms with Gasteiger partial charge in [0.25, 0.3) is 0 Å². The molecule has 0 aliphatic heterocycles. The van der Waals surface area contributed by atoms with E-state index in [0.717, 1.165) is 16.7 Å². The summed E-state index contributed by atoms with van der Waals surface area (Å²) in [6, 6.07) is 3.64. The average molecular weight is 278 g/mol. The van der Waals surface area contributed by atoms with E-state index in [1.54, 1.807) is 13.8 Å². The van der Waals surface area contributed by atoms with E-state index in [0.29, 0.717) is 5.56 Å². The van der Waals surface area contributed by atoms with Crippen LogP contribution in [0.3, 0.4) is 0 Å². The first-order chi connectivity index (χ1) is 9.23. The standard InChI is InChI=1S/C15H18O5/c1-8-6-9(2)13(10(3)7-8)14(15(19)20)11(16)4-5-12(17)18/h6-7,14H,4-5H2,1-3H3,(H,17,18)(H,19,20). The van der Waals surface area contributed by atoms with Crippen LogP contribution in [-0.2, 0) is 14.4 Å². The molecule has 2 N–H and O–H groups in total. The molecule has 108 valence electrons. The smallest absolute Gasteiger partial charge is 0.318 e. The van der Waals surface area contributed by atoms with E-state index < -0.39 is 23.6 Å². The van der Waals surface area contributed by atoms with Crippen molar-refractivity contribution in [3.63, 3.8) is 0 Å². The monoisotopic (exact) mass is 278 g/mol. The number of aryl methyl sites for hydroxylation is 3. The topological polar surface area (TPSA) is 91.7 Å². The number of carboxylic acid groups (broad SMARTS) is 2. The van der Waals surface area contributed by atoms with Crippen LogP contribution in [0.5, 0.6) is 0 Å². The Morgan fingerprint density at radius 3 is 1.90 bits per heavy atom. The molecule has 0 bridgehead atoms. The summed E-state index contributed by atoms with van der Waals surface area (Å²) in [5, 5.41) is 17.9. The van der Waals surface area contributed by atoms with Crippen molar-refractivity contribution in [3.05, 3.63) is 34.4 Å². The highest BCUT2D eigenvalue weighted by Crippen LogP contribution is 2.27. The fourth-order valence-electron chi connectivity index (χ4n) is 2.44. The van der Waals surface area contributed by atoms with Crippen molar-refractivity contribution in [2.45, 2.75) is 39.5 Å². The van der Waals surface area contributed by atoms with Gasteiger partial charge in [-0.25, -0.2) is 0 Å². The van der Waals surface area contributed by atoms with E-state index in [2.05, 4.69) is 0 Å². The molecule has 0 spiro atoms. The number of carboxylic acids is 2.